The lowest BCUT2D eigenvalue weighted by Gasteiger charge is -2.15. The summed E-state index contributed by atoms with van der Waals surface area (Å²) >= 11 is 0. The first-order chi connectivity index (χ1) is 7.67. The highest BCUT2D eigenvalue weighted by Crippen LogP contribution is 2.25. The van der Waals surface area contributed by atoms with Crippen molar-refractivity contribution in [2.45, 2.75) is 39.8 Å². The van der Waals surface area contributed by atoms with Crippen molar-refractivity contribution in [3.8, 4) is 11.5 Å². The maximum atomic E-state index is 5.70. The van der Waals surface area contributed by atoms with Crippen molar-refractivity contribution in [2.75, 3.05) is 6.61 Å². The van der Waals surface area contributed by atoms with E-state index in [1.165, 1.54) is 0 Å². The van der Waals surface area contributed by atoms with E-state index in [1.807, 2.05) is 32.0 Å². The smallest absolute Gasteiger partial charge is 0.127 e. The van der Waals surface area contributed by atoms with Crippen molar-refractivity contribution in [3.63, 3.8) is 0 Å². The Labute approximate surface area is 97.6 Å². The molecule has 0 aromatic heterocycles. The Morgan fingerprint density at radius 2 is 2.06 bits per heavy atom. The first-order valence-electron chi connectivity index (χ1n) is 5.79. The molecule has 0 saturated heterocycles. The minimum absolute atomic E-state index is 0.145. The molecule has 0 amide bonds. The molecule has 0 aliphatic rings. The number of ether oxygens (including phenoxy) is 2. The van der Waals surface area contributed by atoms with Crippen LogP contribution in [0.25, 0.3) is 0 Å². The average molecular weight is 223 g/mol. The fourth-order valence-corrected chi connectivity index (χ4v) is 1.38. The molecule has 1 aromatic rings. The van der Waals surface area contributed by atoms with E-state index in [0.717, 1.165) is 30.1 Å². The summed E-state index contributed by atoms with van der Waals surface area (Å²) < 4.78 is 11.3. The number of hydrogen-bond donors (Lipinski definition) is 1. The molecule has 0 unspecified atom stereocenters. The van der Waals surface area contributed by atoms with Crippen LogP contribution in [0.15, 0.2) is 18.2 Å². The molecule has 1 aromatic carbocycles. The molecule has 2 N–H and O–H groups in total. The molecule has 3 nitrogen and oxygen atoms in total. The zero-order valence-corrected chi connectivity index (χ0v) is 10.3. The van der Waals surface area contributed by atoms with Crippen molar-refractivity contribution in [3.05, 3.63) is 23.8 Å². The summed E-state index contributed by atoms with van der Waals surface area (Å²) in [6, 6.07) is 5.81. The number of rotatable bonds is 6. The normalized spacial score (nSPS) is 10.6. The van der Waals surface area contributed by atoms with Crippen LogP contribution in [0.2, 0.25) is 0 Å². The van der Waals surface area contributed by atoms with E-state index < -0.39 is 0 Å². The molecule has 16 heavy (non-hydrogen) atoms. The Morgan fingerprint density at radius 3 is 2.62 bits per heavy atom. The molecule has 0 fully saturated rings. The van der Waals surface area contributed by atoms with E-state index in [-0.39, 0.29) is 6.10 Å². The fourth-order valence-electron chi connectivity index (χ4n) is 1.38. The molecule has 0 heterocycles. The second kappa shape index (κ2) is 6.38. The van der Waals surface area contributed by atoms with Gasteiger partial charge >= 0.3 is 0 Å². The Morgan fingerprint density at radius 1 is 1.31 bits per heavy atom. The van der Waals surface area contributed by atoms with Gasteiger partial charge in [-0.25, -0.2) is 0 Å². The third kappa shape index (κ3) is 3.74. The molecule has 1 rings (SSSR count). The van der Waals surface area contributed by atoms with Crippen LogP contribution in [0.1, 0.15) is 32.8 Å². The van der Waals surface area contributed by atoms with Gasteiger partial charge in [-0.15, -0.1) is 0 Å². The van der Waals surface area contributed by atoms with Gasteiger partial charge in [0.05, 0.1) is 12.7 Å². The Hall–Kier alpha value is -1.22. The summed E-state index contributed by atoms with van der Waals surface area (Å²) in [5, 5.41) is 0. The third-order valence-electron chi connectivity index (χ3n) is 2.09. The van der Waals surface area contributed by atoms with Crippen LogP contribution >= 0.6 is 0 Å². The summed E-state index contributed by atoms with van der Waals surface area (Å²) in [7, 11) is 0. The highest BCUT2D eigenvalue weighted by molar-refractivity contribution is 5.40. The van der Waals surface area contributed by atoms with E-state index >= 15 is 0 Å². The lowest BCUT2D eigenvalue weighted by atomic mass is 10.2. The standard InChI is InChI=1S/C13H21NO2/c1-4-7-15-12-6-5-11(9-14)13(8-12)16-10(2)3/h5-6,8,10H,4,7,9,14H2,1-3H3. The quantitative estimate of drug-likeness (QED) is 0.806. The summed E-state index contributed by atoms with van der Waals surface area (Å²) in [5.74, 6) is 1.67. The van der Waals surface area contributed by atoms with Crippen molar-refractivity contribution in [1.29, 1.82) is 0 Å². The minimum atomic E-state index is 0.145. The van der Waals surface area contributed by atoms with Gasteiger partial charge in [0.25, 0.3) is 0 Å². The predicted octanol–water partition coefficient (Wildman–Crippen LogP) is 2.72. The van der Waals surface area contributed by atoms with Gasteiger partial charge in [0.1, 0.15) is 11.5 Å². The first-order valence-corrected chi connectivity index (χ1v) is 5.79. The molecule has 0 aliphatic carbocycles. The first kappa shape index (κ1) is 12.8. The molecular weight excluding hydrogens is 202 g/mol. The lowest BCUT2D eigenvalue weighted by Crippen LogP contribution is -2.09. The van der Waals surface area contributed by atoms with E-state index in [4.69, 9.17) is 15.2 Å². The van der Waals surface area contributed by atoms with Crippen LogP contribution in [0.5, 0.6) is 11.5 Å². The van der Waals surface area contributed by atoms with Gasteiger partial charge in [-0.2, -0.15) is 0 Å². The summed E-state index contributed by atoms with van der Waals surface area (Å²) in [6.45, 7) is 7.29. The van der Waals surface area contributed by atoms with Crippen LogP contribution in [0.4, 0.5) is 0 Å². The average Bonchev–Trinajstić information content (AvgIpc) is 2.26. The Balaban J connectivity index is 2.83. The zero-order valence-electron chi connectivity index (χ0n) is 10.3. The van der Waals surface area contributed by atoms with E-state index in [2.05, 4.69) is 6.92 Å². The van der Waals surface area contributed by atoms with Crippen LogP contribution in [0, 0.1) is 0 Å². The molecule has 90 valence electrons. The van der Waals surface area contributed by atoms with Gasteiger partial charge in [-0.1, -0.05) is 13.0 Å². The molecule has 0 spiro atoms. The number of hydrogen-bond acceptors (Lipinski definition) is 3. The molecule has 0 bridgehead atoms. The monoisotopic (exact) mass is 223 g/mol. The highest BCUT2D eigenvalue weighted by Gasteiger charge is 2.06. The van der Waals surface area contributed by atoms with E-state index in [9.17, 15) is 0 Å². The Bertz CT molecular complexity index is 324. The van der Waals surface area contributed by atoms with Crippen LogP contribution in [-0.2, 0) is 6.54 Å². The van der Waals surface area contributed by atoms with Crippen molar-refractivity contribution < 1.29 is 9.47 Å². The van der Waals surface area contributed by atoms with Crippen LogP contribution < -0.4 is 15.2 Å². The molecular formula is C13H21NO2. The SMILES string of the molecule is CCCOc1ccc(CN)c(OC(C)C)c1. The second-order valence-electron chi connectivity index (χ2n) is 3.99. The van der Waals surface area contributed by atoms with Gasteiger partial charge in [0.2, 0.25) is 0 Å². The largest absolute Gasteiger partial charge is 0.493 e. The third-order valence-corrected chi connectivity index (χ3v) is 2.09. The van der Waals surface area contributed by atoms with Gasteiger partial charge in [-0.3, -0.25) is 0 Å². The predicted molar refractivity (Wildman–Crippen MR) is 65.9 cm³/mol. The topological polar surface area (TPSA) is 44.5 Å². The highest BCUT2D eigenvalue weighted by atomic mass is 16.5. The van der Waals surface area contributed by atoms with Crippen molar-refractivity contribution in [2.24, 2.45) is 5.73 Å². The number of benzene rings is 1. The molecule has 0 saturated carbocycles. The summed E-state index contributed by atoms with van der Waals surface area (Å²) in [4.78, 5) is 0. The molecule has 0 aliphatic heterocycles. The zero-order chi connectivity index (χ0) is 12.0. The van der Waals surface area contributed by atoms with Crippen molar-refractivity contribution in [1.82, 2.24) is 0 Å². The minimum Gasteiger partial charge on any atom is -0.493 e. The van der Waals surface area contributed by atoms with Gasteiger partial charge in [0, 0.05) is 18.2 Å². The fraction of sp³-hybridized carbons (Fsp3) is 0.538. The summed E-state index contributed by atoms with van der Waals surface area (Å²) in [5.41, 5.74) is 6.67. The maximum absolute atomic E-state index is 5.70. The molecule has 3 heteroatoms. The number of nitrogens with two attached hydrogens (primary N) is 1. The van der Waals surface area contributed by atoms with Crippen molar-refractivity contribution >= 4 is 0 Å². The summed E-state index contributed by atoms with van der Waals surface area (Å²) in [6.07, 6.45) is 1.14. The van der Waals surface area contributed by atoms with Crippen LogP contribution in [-0.4, -0.2) is 12.7 Å². The Kier molecular flexibility index (Phi) is 5.12. The molecule has 0 radical (unpaired) electrons. The lowest BCUT2D eigenvalue weighted by molar-refractivity contribution is 0.237. The van der Waals surface area contributed by atoms with Gasteiger partial charge < -0.3 is 15.2 Å². The van der Waals surface area contributed by atoms with E-state index in [1.54, 1.807) is 0 Å². The molecule has 0 atom stereocenters. The van der Waals surface area contributed by atoms with Crippen LogP contribution in [0.3, 0.4) is 0 Å². The second-order valence-corrected chi connectivity index (χ2v) is 3.99. The van der Waals surface area contributed by atoms with E-state index in [0.29, 0.717) is 6.54 Å². The maximum Gasteiger partial charge on any atom is 0.127 e. The van der Waals surface area contributed by atoms with Gasteiger partial charge in [-0.05, 0) is 26.3 Å². The van der Waals surface area contributed by atoms with Gasteiger partial charge in [0.15, 0.2) is 0 Å².